The maximum absolute atomic E-state index is 5.58. The van der Waals surface area contributed by atoms with E-state index in [9.17, 15) is 0 Å². The molecule has 0 aliphatic carbocycles. The van der Waals surface area contributed by atoms with Crippen molar-refractivity contribution in [2.45, 2.75) is 38.5 Å². The van der Waals surface area contributed by atoms with Gasteiger partial charge in [-0.25, -0.2) is 0 Å². The van der Waals surface area contributed by atoms with E-state index in [-0.39, 0.29) is 61.0 Å². The number of rotatable bonds is 4. The van der Waals surface area contributed by atoms with Gasteiger partial charge in [-0.2, -0.15) is 22.8 Å². The predicted octanol–water partition coefficient (Wildman–Crippen LogP) is 13.1. The molecule has 5 heterocycles. The van der Waals surface area contributed by atoms with E-state index in [2.05, 4.69) is 27.7 Å². The van der Waals surface area contributed by atoms with Crippen molar-refractivity contribution in [3.05, 3.63) is 118 Å². The normalized spacial score (nSPS) is 12.5. The molecule has 0 spiro atoms. The maximum Gasteiger partial charge on any atom is 3.00 e. The van der Waals surface area contributed by atoms with Crippen molar-refractivity contribution in [1.82, 2.24) is 19.9 Å². The molecule has 2 aromatic carbocycles. The summed E-state index contributed by atoms with van der Waals surface area (Å²) in [6, 6.07) is 22.9. The summed E-state index contributed by atoms with van der Waals surface area (Å²) in [4.78, 5) is 38.8. The van der Waals surface area contributed by atoms with Gasteiger partial charge >= 0.3 is 34.1 Å². The molecule has 0 saturated heterocycles. The van der Waals surface area contributed by atoms with E-state index in [0.717, 1.165) is 22.8 Å². The van der Waals surface area contributed by atoms with E-state index in [1.807, 2.05) is 48.5 Å². The maximum atomic E-state index is 5.58. The summed E-state index contributed by atoms with van der Waals surface area (Å²) in [5.41, 5.74) is 7.44. The molecule has 0 atom stereocenters. The number of halogens is 8. The number of fused-ring (bicyclic) bond motifs is 10. The van der Waals surface area contributed by atoms with Crippen LogP contribution < -0.4 is 38.9 Å². The largest absolute Gasteiger partial charge is 3.00 e. The van der Waals surface area contributed by atoms with Crippen molar-refractivity contribution in [2.75, 3.05) is 49.8 Å². The minimum Gasteiger partial charge on any atom is -2.00 e. The molecule has 8 bridgehead atoms. The molecule has 2 radical (unpaired) electrons. The number of hydrogen-bond acceptors (Lipinski definition) is 8. The fourth-order valence-corrected chi connectivity index (χ4v) is 6.13. The van der Waals surface area contributed by atoms with Crippen LogP contribution >= 0.6 is 92.8 Å². The van der Waals surface area contributed by atoms with Gasteiger partial charge < -0.3 is 44.4 Å². The Labute approximate surface area is 464 Å². The first-order valence-electron chi connectivity index (χ1n) is 19.4. The van der Waals surface area contributed by atoms with E-state index < -0.39 is 10.8 Å². The molecule has 6 aromatic rings. The smallest absolute Gasteiger partial charge is 2.00 e. The first-order valence-corrected chi connectivity index (χ1v) is 23.7. The molecule has 0 amide bonds. The molecular formula is C46H48Cl8Fe2N8O5. The van der Waals surface area contributed by atoms with E-state index in [1.54, 1.807) is 77.6 Å². The average molecular weight is 1190 g/mol. The second-order valence-corrected chi connectivity index (χ2v) is 17.3. The molecule has 0 fully saturated rings. The van der Waals surface area contributed by atoms with Gasteiger partial charge in [-0.05, 0) is 10.8 Å². The van der Waals surface area contributed by atoms with Gasteiger partial charge in [0.1, 0.15) is 0 Å². The van der Waals surface area contributed by atoms with Gasteiger partial charge in [0.05, 0.1) is 72.5 Å². The van der Waals surface area contributed by atoms with Crippen LogP contribution in [0, 0.1) is 0 Å². The van der Waals surface area contributed by atoms with Gasteiger partial charge in [-0.1, -0.05) is 76.2 Å². The topological polar surface area (TPSA) is 171 Å². The van der Waals surface area contributed by atoms with Crippen molar-refractivity contribution >= 4 is 140 Å². The van der Waals surface area contributed by atoms with Crippen LogP contribution in [0.4, 0.5) is 22.7 Å². The van der Waals surface area contributed by atoms with Gasteiger partial charge in [0.25, 0.3) is 0 Å². The first-order chi connectivity index (χ1) is 31.7. The number of aliphatic imine (C=N–C) groups is 4. The Morgan fingerprint density at radius 1 is 0.377 bits per heavy atom. The summed E-state index contributed by atoms with van der Waals surface area (Å²) in [6.45, 7) is 8.35. The molecule has 374 valence electrons. The zero-order valence-corrected chi connectivity index (χ0v) is 46.7. The fourth-order valence-electron chi connectivity index (χ4n) is 6.13. The van der Waals surface area contributed by atoms with Crippen molar-refractivity contribution in [3.63, 3.8) is 0 Å². The predicted molar refractivity (Wildman–Crippen MR) is 278 cm³/mol. The second kappa shape index (κ2) is 33.4. The van der Waals surface area contributed by atoms with E-state index >= 15 is 0 Å². The van der Waals surface area contributed by atoms with Gasteiger partial charge in [0, 0.05) is 49.1 Å². The van der Waals surface area contributed by atoms with Crippen molar-refractivity contribution in [2.24, 2.45) is 20.0 Å². The van der Waals surface area contributed by atoms with Crippen LogP contribution in [0.25, 0.3) is 0 Å². The Balaban J connectivity index is 0.00000280. The van der Waals surface area contributed by atoms with Crippen molar-refractivity contribution in [3.8, 4) is 23.0 Å². The Kier molecular flexibility index (Phi) is 31.8. The van der Waals surface area contributed by atoms with Crippen LogP contribution in [-0.2, 0) is 50.4 Å². The molecule has 13 nitrogen and oxygen atoms in total. The third kappa shape index (κ3) is 18.7. The SMILES string of the molecule is COc1cc2c(cc1OC)N=Cc1ccc([n-]1)C(C)(C)c1ccc([n-]1)C=Nc1cc(OC)c(OC)cc1N=Cc1ccc([n-]1)C(C)(C)c1ccc([n-]1)C=N2.ClCCl.ClCCl.ClCCl.ClCCl.[Fe+3].[Fe+3].[O-2]. The summed E-state index contributed by atoms with van der Waals surface area (Å²) in [7, 11) is 6.35. The monoisotopic (exact) mass is 1180 g/mol. The first kappa shape index (κ1) is 65.8. The molecule has 23 heteroatoms. The second-order valence-electron chi connectivity index (χ2n) is 14.1. The van der Waals surface area contributed by atoms with Crippen molar-refractivity contribution < 1.29 is 58.6 Å². The molecule has 0 saturated carbocycles. The van der Waals surface area contributed by atoms with E-state index in [4.69, 9.17) is 152 Å². The van der Waals surface area contributed by atoms with Gasteiger partial charge in [0.2, 0.25) is 0 Å². The number of benzene rings is 2. The Bertz CT molecular complexity index is 2200. The summed E-state index contributed by atoms with van der Waals surface area (Å²) in [5.74, 6) is 2.14. The van der Waals surface area contributed by atoms with Crippen LogP contribution in [0.3, 0.4) is 0 Å². The fraction of sp³-hybridized carbons (Fsp3) is 0.304. The van der Waals surface area contributed by atoms with Gasteiger partial charge in [0.15, 0.2) is 23.0 Å². The van der Waals surface area contributed by atoms with Crippen LogP contribution in [0.1, 0.15) is 73.2 Å². The third-order valence-electron chi connectivity index (χ3n) is 9.51. The number of methoxy groups -OCH3 is 4. The van der Waals surface area contributed by atoms with Gasteiger partial charge in [-0.3, -0.25) is 20.0 Å². The third-order valence-corrected chi connectivity index (χ3v) is 9.51. The molecule has 69 heavy (non-hydrogen) atoms. The molecule has 4 aromatic heterocycles. The molecule has 7 rings (SSSR count). The summed E-state index contributed by atoms with van der Waals surface area (Å²) in [6.07, 6.45) is 6.86. The summed E-state index contributed by atoms with van der Waals surface area (Å²) < 4.78 is 22.3. The van der Waals surface area contributed by atoms with Crippen molar-refractivity contribution in [1.29, 1.82) is 0 Å². The molecule has 1 aliphatic heterocycles. The Morgan fingerprint density at radius 2 is 0.551 bits per heavy atom. The molecular weight excluding hydrogens is 1140 g/mol. The Hall–Kier alpha value is -3.24. The number of nitrogens with zero attached hydrogens (tertiary/aromatic N) is 8. The Morgan fingerprint density at radius 3 is 0.710 bits per heavy atom. The standard InChI is InChI=1S/C42H40N8O4.4CH2Cl2.2Fe.O/c1-41(2)37-13-9-25(47-37)21-43-29-17-33(51-5)35(53-7)19-31(29)45-23-27-11-15-39(49-27)42(3,4)40-16-12-28(50-40)24-46-32-20-36(54-8)34(52-6)18-30(32)44-22-26-10-14-38(41)48-26;4*2-1-3;;;/h9-24H,1-8H3;4*1H2;;;/q-4;;;;;2*+3;-2. The quantitative estimate of drug-likeness (QED) is 0.124. The van der Waals surface area contributed by atoms with Crippen LogP contribution in [0.2, 0.25) is 0 Å². The summed E-state index contributed by atoms with van der Waals surface area (Å²) in [5, 5.41) is 0.778. The minimum atomic E-state index is -0.508. The molecule has 0 unspecified atom stereocenters. The van der Waals surface area contributed by atoms with Crippen LogP contribution in [0.15, 0.2) is 92.8 Å². The van der Waals surface area contributed by atoms with E-state index in [1.165, 1.54) is 0 Å². The number of ether oxygens (including phenoxy) is 4. The zero-order valence-electron chi connectivity index (χ0n) is 38.4. The summed E-state index contributed by atoms with van der Waals surface area (Å²) >= 11 is 38.1. The zero-order chi connectivity index (χ0) is 48.9. The molecule has 1 aliphatic rings. The average Bonchev–Trinajstić information content (AvgIpc) is 4.15. The van der Waals surface area contributed by atoms with Crippen LogP contribution in [0.5, 0.6) is 23.0 Å². The van der Waals surface area contributed by atoms with Crippen LogP contribution in [-0.4, -0.2) is 74.7 Å². The molecule has 0 N–H and O–H groups in total. The van der Waals surface area contributed by atoms with E-state index in [0.29, 0.717) is 68.5 Å². The number of aromatic nitrogens is 4. The minimum absolute atomic E-state index is 0. The number of hydrogen-bond donors (Lipinski definition) is 0. The number of alkyl halides is 8. The van der Waals surface area contributed by atoms with Gasteiger partial charge in [-0.15, -0.1) is 116 Å².